The number of amides is 1. The highest BCUT2D eigenvalue weighted by atomic mass is 16.5. The van der Waals surface area contributed by atoms with E-state index in [2.05, 4.69) is 5.32 Å². The number of rotatable bonds is 5. The predicted molar refractivity (Wildman–Crippen MR) is 89.9 cm³/mol. The van der Waals surface area contributed by atoms with E-state index in [9.17, 15) is 14.7 Å². The molecule has 0 bridgehead atoms. The molecule has 2 N–H and O–H groups in total. The first-order valence-electron chi connectivity index (χ1n) is 7.92. The van der Waals surface area contributed by atoms with Crippen LogP contribution in [0.3, 0.4) is 0 Å². The maximum atomic E-state index is 11.9. The Kier molecular flexibility index (Phi) is 4.51. The van der Waals surface area contributed by atoms with E-state index in [1.165, 1.54) is 0 Å². The van der Waals surface area contributed by atoms with Gasteiger partial charge in [0.25, 0.3) is 0 Å². The Bertz CT molecular complexity index is 738. The number of nitrogens with one attached hydrogen (secondary N) is 1. The number of anilines is 1. The van der Waals surface area contributed by atoms with Crippen molar-refractivity contribution in [3.8, 4) is 0 Å². The van der Waals surface area contributed by atoms with Gasteiger partial charge >= 0.3 is 12.1 Å². The fourth-order valence-electron chi connectivity index (χ4n) is 2.93. The van der Waals surface area contributed by atoms with Crippen LogP contribution in [0.2, 0.25) is 0 Å². The van der Waals surface area contributed by atoms with E-state index >= 15 is 0 Å². The molecule has 0 spiro atoms. The third-order valence-corrected chi connectivity index (χ3v) is 4.49. The fraction of sp³-hybridized carbons (Fsp3) is 0.263. The molecule has 0 unspecified atom stereocenters. The number of ether oxygens (including phenoxy) is 1. The highest BCUT2D eigenvalue weighted by Gasteiger charge is 2.45. The van der Waals surface area contributed by atoms with Gasteiger partial charge in [0.15, 0.2) is 0 Å². The highest BCUT2D eigenvalue weighted by molar-refractivity contribution is 5.86. The van der Waals surface area contributed by atoms with Gasteiger partial charge in [-0.1, -0.05) is 48.9 Å². The number of hydrogen-bond donors (Lipinski definition) is 2. The van der Waals surface area contributed by atoms with Crippen molar-refractivity contribution in [1.82, 2.24) is 0 Å². The predicted octanol–water partition coefficient (Wildman–Crippen LogP) is 3.94. The van der Waals surface area contributed by atoms with Crippen LogP contribution in [-0.4, -0.2) is 17.2 Å². The van der Waals surface area contributed by atoms with Gasteiger partial charge in [0.2, 0.25) is 0 Å². The van der Waals surface area contributed by atoms with Crippen molar-refractivity contribution < 1.29 is 19.4 Å². The van der Waals surface area contributed by atoms with Gasteiger partial charge in [0, 0.05) is 5.69 Å². The molecule has 1 aliphatic rings. The van der Waals surface area contributed by atoms with Crippen LogP contribution in [0.5, 0.6) is 0 Å². The van der Waals surface area contributed by atoms with Crippen LogP contribution < -0.4 is 5.32 Å². The standard InChI is InChI=1S/C19H19NO4/c21-17(22)19(10-5-11-19)15-8-4-9-16(12-15)20-18(23)24-13-14-6-2-1-3-7-14/h1-4,6-9,12H,5,10-11,13H2,(H,20,23)(H,21,22). The summed E-state index contributed by atoms with van der Waals surface area (Å²) in [4.78, 5) is 23.5. The Balaban J connectivity index is 1.64. The Labute approximate surface area is 140 Å². The van der Waals surface area contributed by atoms with Crippen LogP contribution in [0.4, 0.5) is 10.5 Å². The molecule has 5 nitrogen and oxygen atoms in total. The molecule has 0 atom stereocenters. The number of aliphatic carboxylic acids is 1. The lowest BCUT2D eigenvalue weighted by atomic mass is 9.64. The van der Waals surface area contributed by atoms with Crippen LogP contribution in [0.15, 0.2) is 54.6 Å². The smallest absolute Gasteiger partial charge is 0.411 e. The fourth-order valence-corrected chi connectivity index (χ4v) is 2.93. The van der Waals surface area contributed by atoms with Gasteiger partial charge in [-0.2, -0.15) is 0 Å². The van der Waals surface area contributed by atoms with Crippen LogP contribution in [0.25, 0.3) is 0 Å². The minimum atomic E-state index is -0.814. The number of carbonyl (C=O) groups excluding carboxylic acids is 1. The maximum absolute atomic E-state index is 11.9. The van der Waals surface area contributed by atoms with Crippen LogP contribution in [0, 0.1) is 0 Å². The molecule has 1 fully saturated rings. The molecule has 2 aromatic carbocycles. The summed E-state index contributed by atoms with van der Waals surface area (Å²) < 4.78 is 5.18. The van der Waals surface area contributed by atoms with Crippen molar-refractivity contribution in [2.24, 2.45) is 0 Å². The molecular weight excluding hydrogens is 306 g/mol. The molecule has 3 rings (SSSR count). The van der Waals surface area contributed by atoms with Gasteiger partial charge in [-0.05, 0) is 36.1 Å². The molecule has 0 saturated heterocycles. The Morgan fingerprint density at radius 1 is 1.08 bits per heavy atom. The second-order valence-corrected chi connectivity index (χ2v) is 6.01. The van der Waals surface area contributed by atoms with Crippen molar-refractivity contribution in [3.05, 3.63) is 65.7 Å². The average Bonchev–Trinajstić information content (AvgIpc) is 2.53. The summed E-state index contributed by atoms with van der Waals surface area (Å²) >= 11 is 0. The Hall–Kier alpha value is -2.82. The molecule has 2 aromatic rings. The molecule has 124 valence electrons. The molecule has 0 heterocycles. The van der Waals surface area contributed by atoms with Crippen molar-refractivity contribution in [2.45, 2.75) is 31.3 Å². The summed E-state index contributed by atoms with van der Waals surface area (Å²) in [5.74, 6) is -0.808. The normalized spacial score (nSPS) is 15.2. The lowest BCUT2D eigenvalue weighted by Gasteiger charge is -2.38. The molecular formula is C19H19NO4. The molecule has 5 heteroatoms. The van der Waals surface area contributed by atoms with Crippen LogP contribution in [-0.2, 0) is 21.6 Å². The first-order chi connectivity index (χ1) is 11.6. The summed E-state index contributed by atoms with van der Waals surface area (Å²) in [6, 6.07) is 16.4. The average molecular weight is 325 g/mol. The largest absolute Gasteiger partial charge is 0.481 e. The summed E-state index contributed by atoms with van der Waals surface area (Å²) in [5.41, 5.74) is 1.35. The van der Waals surface area contributed by atoms with Crippen LogP contribution >= 0.6 is 0 Å². The van der Waals surface area contributed by atoms with Crippen molar-refractivity contribution in [2.75, 3.05) is 5.32 Å². The zero-order valence-electron chi connectivity index (χ0n) is 13.2. The van der Waals surface area contributed by atoms with Crippen molar-refractivity contribution >= 4 is 17.7 Å². The van der Waals surface area contributed by atoms with Gasteiger partial charge in [-0.25, -0.2) is 4.79 Å². The molecule has 0 aromatic heterocycles. The van der Waals surface area contributed by atoms with E-state index in [1.807, 2.05) is 30.3 Å². The Morgan fingerprint density at radius 2 is 1.83 bits per heavy atom. The number of carboxylic acids is 1. The third kappa shape index (κ3) is 3.25. The summed E-state index contributed by atoms with van der Waals surface area (Å²) in [5, 5.41) is 12.2. The van der Waals surface area contributed by atoms with E-state index in [1.54, 1.807) is 24.3 Å². The van der Waals surface area contributed by atoms with E-state index in [0.717, 1.165) is 17.5 Å². The number of benzene rings is 2. The summed E-state index contributed by atoms with van der Waals surface area (Å²) in [6.07, 6.45) is 1.60. The quantitative estimate of drug-likeness (QED) is 0.873. The molecule has 1 amide bonds. The SMILES string of the molecule is O=C(Nc1cccc(C2(C(=O)O)CCC2)c1)OCc1ccccc1. The van der Waals surface area contributed by atoms with Gasteiger partial charge in [-0.3, -0.25) is 10.1 Å². The lowest BCUT2D eigenvalue weighted by molar-refractivity contribution is -0.147. The third-order valence-electron chi connectivity index (χ3n) is 4.49. The number of carbonyl (C=O) groups is 2. The monoisotopic (exact) mass is 325 g/mol. The van der Waals surface area contributed by atoms with E-state index in [-0.39, 0.29) is 6.61 Å². The summed E-state index contributed by atoms with van der Waals surface area (Å²) in [7, 11) is 0. The first-order valence-corrected chi connectivity index (χ1v) is 7.92. The van der Waals surface area contributed by atoms with Crippen molar-refractivity contribution in [3.63, 3.8) is 0 Å². The topological polar surface area (TPSA) is 75.6 Å². The van der Waals surface area contributed by atoms with E-state index in [4.69, 9.17) is 4.74 Å². The van der Waals surface area contributed by atoms with E-state index < -0.39 is 17.5 Å². The van der Waals surface area contributed by atoms with Gasteiger partial charge in [-0.15, -0.1) is 0 Å². The number of hydrogen-bond acceptors (Lipinski definition) is 3. The molecule has 1 saturated carbocycles. The minimum absolute atomic E-state index is 0.186. The zero-order valence-corrected chi connectivity index (χ0v) is 13.2. The van der Waals surface area contributed by atoms with Crippen LogP contribution in [0.1, 0.15) is 30.4 Å². The molecule has 0 aliphatic heterocycles. The van der Waals surface area contributed by atoms with Gasteiger partial charge in [0.05, 0.1) is 5.41 Å². The molecule has 24 heavy (non-hydrogen) atoms. The minimum Gasteiger partial charge on any atom is -0.481 e. The lowest BCUT2D eigenvalue weighted by Crippen LogP contribution is -2.42. The first kappa shape index (κ1) is 16.1. The maximum Gasteiger partial charge on any atom is 0.411 e. The van der Waals surface area contributed by atoms with Gasteiger partial charge in [0.1, 0.15) is 6.61 Å². The number of carboxylic acid groups (broad SMARTS) is 1. The second-order valence-electron chi connectivity index (χ2n) is 6.01. The van der Waals surface area contributed by atoms with E-state index in [0.29, 0.717) is 18.5 Å². The van der Waals surface area contributed by atoms with Gasteiger partial charge < -0.3 is 9.84 Å². The summed E-state index contributed by atoms with van der Waals surface area (Å²) in [6.45, 7) is 0.186. The highest BCUT2D eigenvalue weighted by Crippen LogP contribution is 2.44. The van der Waals surface area contributed by atoms with Crippen molar-refractivity contribution in [1.29, 1.82) is 0 Å². The Morgan fingerprint density at radius 3 is 2.46 bits per heavy atom. The zero-order chi connectivity index (χ0) is 17.0. The molecule has 0 radical (unpaired) electrons. The molecule has 1 aliphatic carbocycles. The second kappa shape index (κ2) is 6.74.